The molecule has 0 aliphatic heterocycles. The molecule has 0 N–H and O–H groups in total. The zero-order valence-electron chi connectivity index (χ0n) is 23.6. The van der Waals surface area contributed by atoms with E-state index >= 15 is 0 Å². The van der Waals surface area contributed by atoms with Crippen molar-refractivity contribution in [2.24, 2.45) is 5.41 Å². The van der Waals surface area contributed by atoms with Crippen molar-refractivity contribution < 1.29 is 17.6 Å². The van der Waals surface area contributed by atoms with Gasteiger partial charge in [0.1, 0.15) is 11.5 Å². The minimum absolute atomic E-state index is 0.108. The van der Waals surface area contributed by atoms with Gasteiger partial charge in [0.15, 0.2) is 5.78 Å². The molecule has 2 heterocycles. The third kappa shape index (κ3) is 4.93. The highest BCUT2D eigenvalue weighted by molar-refractivity contribution is 7.89. The molecule has 2 aromatic heterocycles. The Kier molecular flexibility index (Phi) is 6.87. The molecule has 0 radical (unpaired) electrons. The van der Waals surface area contributed by atoms with E-state index in [4.69, 9.17) is 11.6 Å². The van der Waals surface area contributed by atoms with Crippen LogP contribution in [0.2, 0.25) is 5.02 Å². The number of pyridine rings is 1. The second-order valence-electron chi connectivity index (χ2n) is 11.8. The molecule has 3 aliphatic rings. The second-order valence-corrected chi connectivity index (χ2v) is 14.3. The van der Waals surface area contributed by atoms with Crippen LogP contribution >= 0.6 is 11.6 Å². The quantitative estimate of drug-likeness (QED) is 0.218. The van der Waals surface area contributed by atoms with Crippen molar-refractivity contribution in [2.75, 3.05) is 7.05 Å². The maximum absolute atomic E-state index is 14.5. The number of carbonyl (C=O) groups excluding carboxylic acids is 1. The van der Waals surface area contributed by atoms with E-state index in [1.54, 1.807) is 42.2 Å². The molecule has 2 fully saturated rings. The molecule has 0 unspecified atom stereocenters. The summed E-state index contributed by atoms with van der Waals surface area (Å²) in [5, 5.41) is 5.06. The van der Waals surface area contributed by atoms with Crippen LogP contribution in [0.3, 0.4) is 0 Å². The van der Waals surface area contributed by atoms with Crippen molar-refractivity contribution in [2.45, 2.75) is 55.4 Å². The molecule has 2 aromatic carbocycles. The van der Waals surface area contributed by atoms with Gasteiger partial charge < -0.3 is 0 Å². The number of carbonyl (C=O) groups is 1. The summed E-state index contributed by atoms with van der Waals surface area (Å²) in [6.07, 6.45) is 9.63. The molecule has 43 heavy (non-hydrogen) atoms. The fourth-order valence-electron chi connectivity index (χ4n) is 6.59. The minimum Gasteiger partial charge on any atom is -0.291 e. The summed E-state index contributed by atoms with van der Waals surface area (Å²) in [6, 6.07) is 15.7. The zero-order valence-corrected chi connectivity index (χ0v) is 25.2. The highest BCUT2D eigenvalue weighted by Crippen LogP contribution is 2.51. The van der Waals surface area contributed by atoms with Crippen LogP contribution in [0.25, 0.3) is 11.8 Å². The molecule has 2 atom stereocenters. The van der Waals surface area contributed by atoms with E-state index < -0.39 is 21.5 Å². The molecule has 3 aliphatic carbocycles. The summed E-state index contributed by atoms with van der Waals surface area (Å²) in [6.45, 7) is 0. The van der Waals surface area contributed by atoms with Crippen molar-refractivity contribution in [3.63, 3.8) is 0 Å². The van der Waals surface area contributed by atoms with Gasteiger partial charge in [0.2, 0.25) is 10.0 Å². The van der Waals surface area contributed by atoms with Gasteiger partial charge in [0, 0.05) is 24.3 Å². The molecule has 220 valence electrons. The molecule has 7 nitrogen and oxygen atoms in total. The Labute approximate surface area is 255 Å². The van der Waals surface area contributed by atoms with Gasteiger partial charge in [-0.1, -0.05) is 23.2 Å². The maximum atomic E-state index is 14.5. The summed E-state index contributed by atoms with van der Waals surface area (Å²) >= 11 is 6.02. The number of Topliss-reactive ketones (excluding diaryl/α,β-unsaturated/α-hetero) is 1. The lowest BCUT2D eigenvalue weighted by molar-refractivity contribution is 0.0747. The van der Waals surface area contributed by atoms with E-state index in [0.717, 1.165) is 40.9 Å². The number of aromatic nitrogens is 3. The lowest BCUT2D eigenvalue weighted by atomic mass is 9.60. The first-order valence-electron chi connectivity index (χ1n) is 14.4. The molecule has 4 aromatic rings. The van der Waals surface area contributed by atoms with Gasteiger partial charge in [0.25, 0.3) is 0 Å². The van der Waals surface area contributed by atoms with Crippen LogP contribution in [0.1, 0.15) is 65.3 Å². The van der Waals surface area contributed by atoms with Crippen LogP contribution in [0.5, 0.6) is 0 Å². The van der Waals surface area contributed by atoms with Crippen molar-refractivity contribution in [1.29, 1.82) is 0 Å². The van der Waals surface area contributed by atoms with Crippen LogP contribution < -0.4 is 0 Å². The van der Waals surface area contributed by atoms with E-state index in [2.05, 4.69) is 10.1 Å². The molecule has 2 saturated carbocycles. The van der Waals surface area contributed by atoms with Crippen molar-refractivity contribution in [3.8, 4) is 5.69 Å². The van der Waals surface area contributed by atoms with Crippen molar-refractivity contribution in [3.05, 3.63) is 112 Å². The second kappa shape index (κ2) is 10.5. The number of halogens is 2. The number of benzene rings is 2. The predicted molar refractivity (Wildman–Crippen MR) is 162 cm³/mol. The first kappa shape index (κ1) is 28.1. The zero-order chi connectivity index (χ0) is 29.9. The number of fused-ring (bicyclic) bond motifs is 2. The van der Waals surface area contributed by atoms with Crippen molar-refractivity contribution in [1.82, 2.24) is 19.1 Å². The van der Waals surface area contributed by atoms with Crippen LogP contribution in [0.4, 0.5) is 4.39 Å². The highest BCUT2D eigenvalue weighted by atomic mass is 35.5. The molecule has 7 rings (SSSR count). The Morgan fingerprint density at radius 1 is 1.02 bits per heavy atom. The lowest BCUT2D eigenvalue weighted by Gasteiger charge is -2.45. The molecule has 10 heteroatoms. The van der Waals surface area contributed by atoms with Gasteiger partial charge in [-0.15, -0.1) is 0 Å². The monoisotopic (exact) mass is 616 g/mol. The highest BCUT2D eigenvalue weighted by Gasteiger charge is 2.51. The fourth-order valence-corrected chi connectivity index (χ4v) is 8.10. The van der Waals surface area contributed by atoms with Crippen molar-refractivity contribution >= 4 is 33.5 Å². The Hall–Kier alpha value is -3.66. The summed E-state index contributed by atoms with van der Waals surface area (Å²) < 4.78 is 44.1. The van der Waals surface area contributed by atoms with Crippen LogP contribution in [0.15, 0.2) is 83.5 Å². The lowest BCUT2D eigenvalue weighted by Crippen LogP contribution is -2.49. The van der Waals surface area contributed by atoms with Crippen LogP contribution in [-0.2, 0) is 16.4 Å². The Morgan fingerprint density at radius 3 is 2.44 bits per heavy atom. The molecule has 0 amide bonds. The summed E-state index contributed by atoms with van der Waals surface area (Å²) in [7, 11) is -2.24. The Balaban J connectivity index is 1.28. The number of hydrogen-bond donors (Lipinski definition) is 0. The van der Waals surface area contributed by atoms with Crippen LogP contribution in [0, 0.1) is 11.2 Å². The first-order chi connectivity index (χ1) is 20.7. The van der Waals surface area contributed by atoms with E-state index in [1.165, 1.54) is 28.6 Å². The summed E-state index contributed by atoms with van der Waals surface area (Å²) in [4.78, 5) is 19.3. The van der Waals surface area contributed by atoms with Gasteiger partial charge in [0.05, 0.1) is 27.9 Å². The average molecular weight is 617 g/mol. The number of rotatable bonds is 7. The van der Waals surface area contributed by atoms with E-state index in [-0.39, 0.29) is 16.5 Å². The smallest absolute Gasteiger partial charge is 0.243 e. The molecule has 0 saturated heterocycles. The Morgan fingerprint density at radius 2 is 1.77 bits per heavy atom. The number of hydrogen-bond acceptors (Lipinski definition) is 5. The van der Waals surface area contributed by atoms with E-state index in [1.807, 2.05) is 24.4 Å². The predicted octanol–water partition coefficient (Wildman–Crippen LogP) is 6.62. The molecule has 0 spiro atoms. The first-order valence-corrected chi connectivity index (χ1v) is 16.3. The average Bonchev–Trinajstić information content (AvgIpc) is 3.80. The van der Waals surface area contributed by atoms with Gasteiger partial charge in [-0.05, 0) is 116 Å². The van der Waals surface area contributed by atoms with E-state index in [0.29, 0.717) is 42.3 Å². The molecular formula is C33H30ClFN4O3S. The summed E-state index contributed by atoms with van der Waals surface area (Å²) in [5.41, 5.74) is 3.93. The Bertz CT molecular complexity index is 1850. The topological polar surface area (TPSA) is 85.2 Å². The maximum Gasteiger partial charge on any atom is 0.243 e. The number of sulfonamides is 1. The van der Waals surface area contributed by atoms with Gasteiger partial charge in [-0.25, -0.2) is 17.5 Å². The third-order valence-corrected chi connectivity index (χ3v) is 11.4. The largest absolute Gasteiger partial charge is 0.291 e. The number of allylic oxidation sites excluding steroid dienone is 1. The summed E-state index contributed by atoms with van der Waals surface area (Å²) in [5.74, 6) is 0.0813. The third-order valence-electron chi connectivity index (χ3n) is 9.21. The normalized spacial score (nSPS) is 21.7. The number of nitrogens with zero attached hydrogens (tertiary/aromatic N) is 4. The number of ketones is 1. The van der Waals surface area contributed by atoms with Gasteiger partial charge >= 0.3 is 0 Å². The SMILES string of the molecule is CN([C@H]1CCC2=Cc3c(cnn3-c3ccc(F)cc3)C[C@]2(C(=O)c2ccc(C3CC3)cn2)C1)S(=O)(=O)c1ccc(Cl)cc1. The van der Waals surface area contributed by atoms with E-state index in [9.17, 15) is 17.6 Å². The van der Waals surface area contributed by atoms with Crippen LogP contribution in [-0.4, -0.2) is 46.4 Å². The van der Waals surface area contributed by atoms with Gasteiger partial charge in [-0.3, -0.25) is 9.78 Å². The fraction of sp³-hybridized carbons (Fsp3) is 0.303. The minimum atomic E-state index is -3.83. The van der Waals surface area contributed by atoms with Gasteiger partial charge in [-0.2, -0.15) is 9.40 Å². The molecule has 0 bridgehead atoms. The standard InChI is InChI=1S/C33H30ClFN4O3S/c1-38(43(41,42)29-13-6-25(34)7-14-29)28-10-5-24-16-31-23(20-37-39(31)27-11-8-26(35)9-12-27)17-33(24,18-28)32(40)30-15-4-22(19-36-30)21-2-3-21/h4,6-9,11-16,19-21,28H,2-3,5,10,17-18H2,1H3/t28-,33-/m0/s1. The molecular weight excluding hydrogens is 587 g/mol.